The number of nitrogens with two attached hydrogens (primary N) is 1. The molecule has 29 heavy (non-hydrogen) atoms. The highest BCUT2D eigenvalue weighted by molar-refractivity contribution is 5.98. The van der Waals surface area contributed by atoms with Crippen LogP contribution >= 0.6 is 0 Å². The van der Waals surface area contributed by atoms with Crippen molar-refractivity contribution in [1.29, 1.82) is 0 Å². The van der Waals surface area contributed by atoms with Gasteiger partial charge in [0.25, 0.3) is 5.91 Å². The maximum atomic E-state index is 12.1. The van der Waals surface area contributed by atoms with E-state index in [1.54, 1.807) is 19.4 Å². The molecule has 1 amide bonds. The molecule has 0 aliphatic rings. The van der Waals surface area contributed by atoms with Crippen LogP contribution in [0.2, 0.25) is 0 Å². The van der Waals surface area contributed by atoms with E-state index < -0.39 is 5.91 Å². The van der Waals surface area contributed by atoms with Crippen LogP contribution in [0.4, 0.5) is 0 Å². The summed E-state index contributed by atoms with van der Waals surface area (Å²) in [5, 5.41) is 0. The topological polar surface area (TPSA) is 74.4 Å². The second-order valence-electron chi connectivity index (χ2n) is 7.85. The number of amides is 1. The highest BCUT2D eigenvalue weighted by Gasteiger charge is 2.25. The molecular formula is C24H26N2O3. The Morgan fingerprint density at radius 2 is 1.79 bits per heavy atom. The first kappa shape index (κ1) is 20.4. The lowest BCUT2D eigenvalue weighted by molar-refractivity contribution is 0.0997. The Morgan fingerprint density at radius 3 is 2.41 bits per heavy atom. The average Bonchev–Trinajstić information content (AvgIpc) is 2.71. The Bertz CT molecular complexity index is 1010. The van der Waals surface area contributed by atoms with Crippen molar-refractivity contribution in [2.75, 3.05) is 7.11 Å². The predicted octanol–water partition coefficient (Wildman–Crippen LogP) is 4.73. The molecule has 0 radical (unpaired) electrons. The summed E-state index contributed by atoms with van der Waals surface area (Å²) in [5.41, 5.74) is 9.28. The molecule has 2 aromatic carbocycles. The van der Waals surface area contributed by atoms with Crippen LogP contribution in [0.3, 0.4) is 0 Å². The summed E-state index contributed by atoms with van der Waals surface area (Å²) in [6.45, 7) is 6.59. The second-order valence-corrected chi connectivity index (χ2v) is 7.85. The van der Waals surface area contributed by atoms with Crippen molar-refractivity contribution in [2.24, 2.45) is 5.73 Å². The average molecular weight is 390 g/mol. The van der Waals surface area contributed by atoms with Crippen molar-refractivity contribution < 1.29 is 14.3 Å². The van der Waals surface area contributed by atoms with Crippen LogP contribution in [-0.4, -0.2) is 18.0 Å². The number of hydrogen-bond donors (Lipinski definition) is 1. The zero-order valence-electron chi connectivity index (χ0n) is 17.2. The standard InChI is InChI=1S/C24H26N2O3/c1-24(2,3)20-14-17(13-19(22(25)27)21(20)28-4)18-11-8-12-26-23(18)29-15-16-9-6-5-7-10-16/h5-14H,15H2,1-4H3,(H2,25,27). The summed E-state index contributed by atoms with van der Waals surface area (Å²) in [7, 11) is 1.55. The molecular weight excluding hydrogens is 364 g/mol. The Labute approximate surface area is 171 Å². The number of pyridine rings is 1. The fourth-order valence-electron chi connectivity index (χ4n) is 3.20. The second kappa shape index (κ2) is 8.35. The summed E-state index contributed by atoms with van der Waals surface area (Å²) < 4.78 is 11.5. The fourth-order valence-corrected chi connectivity index (χ4v) is 3.20. The van der Waals surface area contributed by atoms with Crippen LogP contribution in [0.5, 0.6) is 11.6 Å². The van der Waals surface area contributed by atoms with Crippen LogP contribution in [0.25, 0.3) is 11.1 Å². The number of nitrogens with zero attached hydrogens (tertiary/aromatic N) is 1. The number of carbonyl (C=O) groups is 1. The van der Waals surface area contributed by atoms with Crippen molar-refractivity contribution in [2.45, 2.75) is 32.8 Å². The molecule has 150 valence electrons. The third kappa shape index (κ3) is 4.57. The lowest BCUT2D eigenvalue weighted by Gasteiger charge is -2.25. The van der Waals surface area contributed by atoms with E-state index in [-0.39, 0.29) is 5.41 Å². The lowest BCUT2D eigenvalue weighted by Crippen LogP contribution is -2.19. The zero-order chi connectivity index (χ0) is 21.0. The number of aromatic nitrogens is 1. The maximum Gasteiger partial charge on any atom is 0.252 e. The van der Waals surface area contributed by atoms with Gasteiger partial charge in [0.05, 0.1) is 12.7 Å². The predicted molar refractivity (Wildman–Crippen MR) is 114 cm³/mol. The van der Waals surface area contributed by atoms with Gasteiger partial charge in [-0.2, -0.15) is 0 Å². The minimum Gasteiger partial charge on any atom is -0.496 e. The molecule has 0 aliphatic heterocycles. The van der Waals surface area contributed by atoms with E-state index in [9.17, 15) is 4.79 Å². The maximum absolute atomic E-state index is 12.1. The van der Waals surface area contributed by atoms with Gasteiger partial charge in [-0.25, -0.2) is 4.98 Å². The molecule has 3 aromatic rings. The molecule has 5 nitrogen and oxygen atoms in total. The smallest absolute Gasteiger partial charge is 0.252 e. The number of methoxy groups -OCH3 is 1. The van der Waals surface area contributed by atoms with Gasteiger partial charge in [0, 0.05) is 17.3 Å². The highest BCUT2D eigenvalue weighted by atomic mass is 16.5. The zero-order valence-corrected chi connectivity index (χ0v) is 17.2. The molecule has 0 saturated heterocycles. The summed E-state index contributed by atoms with van der Waals surface area (Å²) in [4.78, 5) is 16.5. The van der Waals surface area contributed by atoms with Crippen LogP contribution in [-0.2, 0) is 12.0 Å². The van der Waals surface area contributed by atoms with E-state index in [1.165, 1.54) is 0 Å². The fraction of sp³-hybridized carbons (Fsp3) is 0.250. The van der Waals surface area contributed by atoms with Gasteiger partial charge in [-0.15, -0.1) is 0 Å². The molecule has 0 fully saturated rings. The minimum absolute atomic E-state index is 0.251. The van der Waals surface area contributed by atoms with Gasteiger partial charge < -0.3 is 15.2 Å². The summed E-state index contributed by atoms with van der Waals surface area (Å²) in [5.74, 6) is 0.464. The van der Waals surface area contributed by atoms with Crippen molar-refractivity contribution in [3.05, 3.63) is 77.5 Å². The molecule has 0 unspecified atom stereocenters. The first-order chi connectivity index (χ1) is 13.8. The molecule has 1 heterocycles. The van der Waals surface area contributed by atoms with Gasteiger partial charge in [0.2, 0.25) is 5.88 Å². The first-order valence-electron chi connectivity index (χ1n) is 9.45. The van der Waals surface area contributed by atoms with Crippen LogP contribution in [0.1, 0.15) is 42.3 Å². The third-order valence-electron chi connectivity index (χ3n) is 4.67. The van der Waals surface area contributed by atoms with Gasteiger partial charge in [-0.1, -0.05) is 51.1 Å². The van der Waals surface area contributed by atoms with Crippen molar-refractivity contribution in [3.8, 4) is 22.8 Å². The molecule has 3 rings (SSSR count). The normalized spacial score (nSPS) is 11.2. The van der Waals surface area contributed by atoms with Gasteiger partial charge in [-0.05, 0) is 40.8 Å². The van der Waals surface area contributed by atoms with Crippen molar-refractivity contribution >= 4 is 5.91 Å². The summed E-state index contributed by atoms with van der Waals surface area (Å²) >= 11 is 0. The SMILES string of the molecule is COc1c(C(N)=O)cc(-c2cccnc2OCc2ccccc2)cc1C(C)(C)C. The minimum atomic E-state index is -0.537. The van der Waals surface area contributed by atoms with E-state index in [0.717, 1.165) is 22.3 Å². The summed E-state index contributed by atoms with van der Waals surface area (Å²) in [6.07, 6.45) is 1.69. The summed E-state index contributed by atoms with van der Waals surface area (Å²) in [6, 6.07) is 17.4. The molecule has 0 spiro atoms. The van der Waals surface area contributed by atoms with E-state index in [0.29, 0.717) is 23.8 Å². The number of hydrogen-bond acceptors (Lipinski definition) is 4. The molecule has 5 heteroatoms. The van der Waals surface area contributed by atoms with Gasteiger partial charge in [-0.3, -0.25) is 4.79 Å². The Hall–Kier alpha value is -3.34. The van der Waals surface area contributed by atoms with E-state index in [4.69, 9.17) is 15.2 Å². The lowest BCUT2D eigenvalue weighted by atomic mass is 9.83. The number of carbonyl (C=O) groups excluding carboxylic acids is 1. The quantitative estimate of drug-likeness (QED) is 0.660. The molecule has 0 atom stereocenters. The molecule has 1 aromatic heterocycles. The van der Waals surface area contributed by atoms with E-state index in [1.807, 2.05) is 48.5 Å². The van der Waals surface area contributed by atoms with Gasteiger partial charge in [0.15, 0.2) is 0 Å². The van der Waals surface area contributed by atoms with Crippen LogP contribution < -0.4 is 15.2 Å². The molecule has 0 saturated carbocycles. The van der Waals surface area contributed by atoms with Gasteiger partial charge >= 0.3 is 0 Å². The molecule has 2 N–H and O–H groups in total. The number of primary amides is 1. The number of rotatable bonds is 6. The molecule has 0 bridgehead atoms. The molecule has 0 aliphatic carbocycles. The van der Waals surface area contributed by atoms with Crippen molar-refractivity contribution in [3.63, 3.8) is 0 Å². The largest absolute Gasteiger partial charge is 0.496 e. The monoisotopic (exact) mass is 390 g/mol. The highest BCUT2D eigenvalue weighted by Crippen LogP contribution is 2.39. The van der Waals surface area contributed by atoms with Crippen LogP contribution in [0, 0.1) is 0 Å². The van der Waals surface area contributed by atoms with Crippen LogP contribution in [0.15, 0.2) is 60.8 Å². The Morgan fingerprint density at radius 1 is 1.07 bits per heavy atom. The number of benzene rings is 2. The first-order valence-corrected chi connectivity index (χ1v) is 9.45. The van der Waals surface area contributed by atoms with Gasteiger partial charge in [0.1, 0.15) is 12.4 Å². The Balaban J connectivity index is 2.09. The van der Waals surface area contributed by atoms with E-state index in [2.05, 4.69) is 25.8 Å². The Kier molecular flexibility index (Phi) is 5.87. The van der Waals surface area contributed by atoms with E-state index >= 15 is 0 Å². The third-order valence-corrected chi connectivity index (χ3v) is 4.67. The van der Waals surface area contributed by atoms with Crippen molar-refractivity contribution in [1.82, 2.24) is 4.98 Å². The number of ether oxygens (including phenoxy) is 2.